The molecule has 1 heterocycles. The third kappa shape index (κ3) is 4.83. The molecule has 2 aromatic carbocycles. The lowest BCUT2D eigenvalue weighted by Crippen LogP contribution is -2.19. The third-order valence-electron chi connectivity index (χ3n) is 3.76. The highest BCUT2D eigenvalue weighted by Crippen LogP contribution is 2.21. The lowest BCUT2D eigenvalue weighted by atomic mass is 10.1. The van der Waals surface area contributed by atoms with Crippen LogP contribution in [0.4, 0.5) is 0 Å². The zero-order chi connectivity index (χ0) is 19.9. The first-order valence-corrected chi connectivity index (χ1v) is 8.61. The van der Waals surface area contributed by atoms with Crippen LogP contribution in [0.5, 0.6) is 11.5 Å². The number of halogens is 1. The minimum absolute atomic E-state index is 0.146. The van der Waals surface area contributed by atoms with Crippen molar-refractivity contribution in [2.24, 2.45) is 5.10 Å². The van der Waals surface area contributed by atoms with E-state index in [1.165, 1.54) is 12.4 Å². The Kier molecular flexibility index (Phi) is 6.18. The van der Waals surface area contributed by atoms with E-state index < -0.39 is 5.91 Å². The Morgan fingerprint density at radius 1 is 1.07 bits per heavy atom. The van der Waals surface area contributed by atoms with Gasteiger partial charge in [0.15, 0.2) is 0 Å². The molecule has 0 unspecified atom stereocenters. The van der Waals surface area contributed by atoms with E-state index in [1.54, 1.807) is 50.7 Å². The number of hydrogen-bond acceptors (Lipinski definition) is 6. The van der Waals surface area contributed by atoms with Gasteiger partial charge in [0.1, 0.15) is 17.2 Å². The van der Waals surface area contributed by atoms with Gasteiger partial charge in [0.05, 0.1) is 38.5 Å². The Morgan fingerprint density at radius 3 is 2.39 bits per heavy atom. The van der Waals surface area contributed by atoms with Crippen molar-refractivity contribution in [1.29, 1.82) is 0 Å². The summed E-state index contributed by atoms with van der Waals surface area (Å²) in [5.74, 6) is 0.761. The van der Waals surface area contributed by atoms with E-state index in [0.29, 0.717) is 27.8 Å². The number of hydrogen-bond donors (Lipinski definition) is 1. The van der Waals surface area contributed by atoms with Crippen LogP contribution < -0.4 is 14.9 Å². The molecule has 142 valence electrons. The summed E-state index contributed by atoms with van der Waals surface area (Å²) in [4.78, 5) is 20.7. The monoisotopic (exact) mass is 396 g/mol. The number of amides is 1. The number of methoxy groups -OCH3 is 2. The Bertz CT molecular complexity index is 984. The van der Waals surface area contributed by atoms with Crippen LogP contribution in [0.25, 0.3) is 11.3 Å². The van der Waals surface area contributed by atoms with Crippen LogP contribution in [0, 0.1) is 0 Å². The van der Waals surface area contributed by atoms with E-state index in [0.717, 1.165) is 5.56 Å². The van der Waals surface area contributed by atoms with E-state index >= 15 is 0 Å². The number of carbonyl (C=O) groups is 1. The van der Waals surface area contributed by atoms with Gasteiger partial charge in [-0.3, -0.25) is 9.78 Å². The molecule has 0 spiro atoms. The van der Waals surface area contributed by atoms with Gasteiger partial charge >= 0.3 is 0 Å². The van der Waals surface area contributed by atoms with Crippen molar-refractivity contribution in [1.82, 2.24) is 15.4 Å². The van der Waals surface area contributed by atoms with Gasteiger partial charge in [-0.05, 0) is 24.3 Å². The van der Waals surface area contributed by atoms with E-state index in [2.05, 4.69) is 20.5 Å². The van der Waals surface area contributed by atoms with Crippen LogP contribution in [0.1, 0.15) is 16.1 Å². The van der Waals surface area contributed by atoms with Gasteiger partial charge in [0, 0.05) is 22.2 Å². The van der Waals surface area contributed by atoms with Crippen LogP contribution in [0.15, 0.2) is 60.0 Å². The number of aromatic nitrogens is 2. The number of benzene rings is 2. The Labute approximate surface area is 167 Å². The van der Waals surface area contributed by atoms with Gasteiger partial charge in [0.2, 0.25) is 0 Å². The molecule has 7 nitrogen and oxygen atoms in total. The molecular formula is C20H17ClN4O3. The molecular weight excluding hydrogens is 380 g/mol. The summed E-state index contributed by atoms with van der Waals surface area (Å²) >= 11 is 5.89. The number of nitrogens with one attached hydrogen (secondary N) is 1. The predicted molar refractivity (Wildman–Crippen MR) is 107 cm³/mol. The van der Waals surface area contributed by atoms with Gasteiger partial charge in [-0.15, -0.1) is 0 Å². The second-order valence-corrected chi connectivity index (χ2v) is 6.08. The van der Waals surface area contributed by atoms with Crippen LogP contribution in [0.2, 0.25) is 5.02 Å². The summed E-state index contributed by atoms with van der Waals surface area (Å²) in [5, 5.41) is 4.58. The van der Waals surface area contributed by atoms with Crippen molar-refractivity contribution in [3.63, 3.8) is 0 Å². The molecule has 0 atom stereocenters. The Balaban J connectivity index is 1.72. The predicted octanol–water partition coefficient (Wildman–Crippen LogP) is 3.58. The van der Waals surface area contributed by atoms with E-state index in [4.69, 9.17) is 21.1 Å². The van der Waals surface area contributed by atoms with Crippen LogP contribution in [-0.2, 0) is 0 Å². The molecule has 0 bridgehead atoms. The first-order chi connectivity index (χ1) is 13.6. The highest BCUT2D eigenvalue weighted by Gasteiger charge is 2.09. The van der Waals surface area contributed by atoms with Gasteiger partial charge in [0.25, 0.3) is 5.91 Å². The molecule has 0 aliphatic carbocycles. The lowest BCUT2D eigenvalue weighted by Gasteiger charge is -2.06. The number of ether oxygens (including phenoxy) is 2. The molecule has 1 amide bonds. The average Bonchev–Trinajstić information content (AvgIpc) is 2.74. The van der Waals surface area contributed by atoms with E-state index in [1.807, 2.05) is 12.1 Å². The molecule has 0 saturated carbocycles. The summed E-state index contributed by atoms with van der Waals surface area (Å²) in [7, 11) is 3.12. The summed E-state index contributed by atoms with van der Waals surface area (Å²) in [6, 6.07) is 12.4. The highest BCUT2D eigenvalue weighted by atomic mass is 35.5. The Morgan fingerprint density at radius 2 is 1.75 bits per heavy atom. The normalized spacial score (nSPS) is 10.7. The lowest BCUT2D eigenvalue weighted by molar-refractivity contribution is 0.0950. The summed E-state index contributed by atoms with van der Waals surface area (Å²) in [6.07, 6.45) is 4.43. The molecule has 0 fully saturated rings. The molecule has 1 N–H and O–H groups in total. The zero-order valence-corrected chi connectivity index (χ0v) is 16.0. The van der Waals surface area contributed by atoms with Crippen LogP contribution in [0.3, 0.4) is 0 Å². The minimum Gasteiger partial charge on any atom is -0.497 e. The highest BCUT2D eigenvalue weighted by molar-refractivity contribution is 6.30. The average molecular weight is 397 g/mol. The van der Waals surface area contributed by atoms with Crippen LogP contribution >= 0.6 is 11.6 Å². The first kappa shape index (κ1) is 19.3. The summed E-state index contributed by atoms with van der Waals surface area (Å²) in [5.41, 5.74) is 4.65. The van der Waals surface area contributed by atoms with Crippen molar-refractivity contribution < 1.29 is 14.3 Å². The van der Waals surface area contributed by atoms with Gasteiger partial charge in [-0.2, -0.15) is 5.10 Å². The van der Waals surface area contributed by atoms with Crippen molar-refractivity contribution in [2.45, 2.75) is 0 Å². The fourth-order valence-electron chi connectivity index (χ4n) is 2.36. The largest absolute Gasteiger partial charge is 0.497 e. The number of nitrogens with zero attached hydrogens (tertiary/aromatic N) is 3. The molecule has 28 heavy (non-hydrogen) atoms. The number of hydrazone groups is 1. The standard InChI is InChI=1S/C20H17ClN4O3/c1-27-16-7-13(8-17(9-16)28-2)10-23-25-20(26)19-12-22-11-18(24-19)14-3-5-15(21)6-4-14/h3-12H,1-2H3,(H,25,26). The number of rotatable bonds is 6. The maximum absolute atomic E-state index is 12.3. The topological polar surface area (TPSA) is 85.7 Å². The maximum atomic E-state index is 12.3. The SMILES string of the molecule is COc1cc(C=NNC(=O)c2cncc(-c3ccc(Cl)cc3)n2)cc(OC)c1. The molecule has 0 radical (unpaired) electrons. The quantitative estimate of drug-likeness (QED) is 0.508. The fourth-order valence-corrected chi connectivity index (χ4v) is 2.49. The van der Waals surface area contributed by atoms with Crippen LogP contribution in [-0.4, -0.2) is 36.3 Å². The molecule has 0 aliphatic heterocycles. The smallest absolute Gasteiger partial charge is 0.291 e. The molecule has 0 saturated heterocycles. The molecule has 3 aromatic rings. The second-order valence-electron chi connectivity index (χ2n) is 5.64. The van der Waals surface area contributed by atoms with Gasteiger partial charge < -0.3 is 9.47 Å². The second kappa shape index (κ2) is 8.96. The van der Waals surface area contributed by atoms with Crippen molar-refractivity contribution in [3.05, 3.63) is 71.1 Å². The van der Waals surface area contributed by atoms with Gasteiger partial charge in [-0.25, -0.2) is 10.4 Å². The minimum atomic E-state index is -0.477. The van der Waals surface area contributed by atoms with E-state index in [9.17, 15) is 4.79 Å². The van der Waals surface area contributed by atoms with Gasteiger partial charge in [-0.1, -0.05) is 23.7 Å². The fraction of sp³-hybridized carbons (Fsp3) is 0.100. The first-order valence-electron chi connectivity index (χ1n) is 8.23. The molecule has 1 aromatic heterocycles. The van der Waals surface area contributed by atoms with Crippen molar-refractivity contribution in [2.75, 3.05) is 14.2 Å². The van der Waals surface area contributed by atoms with Crippen molar-refractivity contribution in [3.8, 4) is 22.8 Å². The summed E-state index contributed by atoms with van der Waals surface area (Å²) in [6.45, 7) is 0. The summed E-state index contributed by atoms with van der Waals surface area (Å²) < 4.78 is 10.4. The molecule has 3 rings (SSSR count). The van der Waals surface area contributed by atoms with E-state index in [-0.39, 0.29) is 5.69 Å². The maximum Gasteiger partial charge on any atom is 0.291 e. The number of carbonyl (C=O) groups excluding carboxylic acids is 1. The Hall–Kier alpha value is -3.45. The molecule has 8 heteroatoms. The third-order valence-corrected chi connectivity index (χ3v) is 4.01. The van der Waals surface area contributed by atoms with Crippen molar-refractivity contribution >= 4 is 23.7 Å². The zero-order valence-electron chi connectivity index (χ0n) is 15.2. The molecule has 0 aliphatic rings.